The Morgan fingerprint density at radius 3 is 2.60 bits per heavy atom. The average molecular weight is 345 g/mol. The summed E-state index contributed by atoms with van der Waals surface area (Å²) in [6, 6.07) is 4.05. The molecule has 0 aliphatic heterocycles. The van der Waals surface area contributed by atoms with Gasteiger partial charge in [0.1, 0.15) is 5.58 Å². The zero-order valence-corrected chi connectivity index (χ0v) is 15.7. The maximum Gasteiger partial charge on any atom is 0.307 e. The minimum atomic E-state index is -0.304. The topological polar surface area (TPSA) is 59.8 Å². The van der Waals surface area contributed by atoms with E-state index in [1.54, 1.807) is 11.2 Å². The van der Waals surface area contributed by atoms with Gasteiger partial charge in [0.15, 0.2) is 0 Å². The van der Waals surface area contributed by atoms with E-state index >= 15 is 0 Å². The van der Waals surface area contributed by atoms with Gasteiger partial charge in [-0.1, -0.05) is 26.0 Å². The molecule has 0 N–H and O–H groups in total. The molecule has 1 amide bonds. The van der Waals surface area contributed by atoms with Crippen LogP contribution in [0.2, 0.25) is 0 Å². The maximum atomic E-state index is 12.8. The van der Waals surface area contributed by atoms with Crippen molar-refractivity contribution in [2.24, 2.45) is 5.92 Å². The Bertz CT molecular complexity index is 760. The number of carbonyl (C=O) groups is 2. The van der Waals surface area contributed by atoms with Crippen molar-refractivity contribution in [3.05, 3.63) is 35.1 Å². The molecule has 0 atom stereocenters. The van der Waals surface area contributed by atoms with E-state index in [2.05, 4.69) is 18.6 Å². The third-order valence-corrected chi connectivity index (χ3v) is 4.44. The molecule has 136 valence electrons. The van der Waals surface area contributed by atoms with Crippen LogP contribution in [0.3, 0.4) is 0 Å². The predicted molar refractivity (Wildman–Crippen MR) is 97.4 cm³/mol. The normalized spacial score (nSPS) is 11.1. The first kappa shape index (κ1) is 19.0. The van der Waals surface area contributed by atoms with Crippen molar-refractivity contribution >= 4 is 22.8 Å². The van der Waals surface area contributed by atoms with Crippen LogP contribution in [0.4, 0.5) is 0 Å². The molecule has 1 heterocycles. The minimum absolute atomic E-state index is 0.00136. The van der Waals surface area contributed by atoms with Gasteiger partial charge in [0, 0.05) is 24.0 Å². The number of amides is 1. The average Bonchev–Trinajstić information content (AvgIpc) is 2.97. The molecular weight excluding hydrogens is 318 g/mol. The summed E-state index contributed by atoms with van der Waals surface area (Å²) in [5, 5.41) is 0.980. The van der Waals surface area contributed by atoms with Gasteiger partial charge < -0.3 is 14.1 Å². The molecule has 5 heteroatoms. The van der Waals surface area contributed by atoms with Crippen LogP contribution in [0, 0.1) is 19.8 Å². The first-order chi connectivity index (χ1) is 11.8. The molecule has 1 aromatic carbocycles. The second kappa shape index (κ2) is 8.19. The van der Waals surface area contributed by atoms with Crippen LogP contribution in [0.15, 0.2) is 22.8 Å². The van der Waals surface area contributed by atoms with Crippen molar-refractivity contribution in [1.29, 1.82) is 0 Å². The molecule has 1 aromatic heterocycles. The number of aryl methyl sites for hydroxylation is 2. The fraction of sp³-hybridized carbons (Fsp3) is 0.500. The fourth-order valence-corrected chi connectivity index (χ4v) is 2.89. The van der Waals surface area contributed by atoms with Gasteiger partial charge in [0.25, 0.3) is 0 Å². The molecule has 0 fully saturated rings. The summed E-state index contributed by atoms with van der Waals surface area (Å²) >= 11 is 0. The molecule has 25 heavy (non-hydrogen) atoms. The minimum Gasteiger partial charge on any atom is -0.469 e. The fourth-order valence-electron chi connectivity index (χ4n) is 2.89. The third kappa shape index (κ3) is 4.62. The number of fused-ring (bicyclic) bond motifs is 1. The Labute approximate surface area is 148 Å². The van der Waals surface area contributed by atoms with E-state index in [1.807, 2.05) is 26.0 Å². The molecule has 0 bridgehead atoms. The quantitative estimate of drug-likeness (QED) is 0.719. The predicted octanol–water partition coefficient (Wildman–Crippen LogP) is 3.64. The molecule has 0 spiro atoms. The van der Waals surface area contributed by atoms with Crippen molar-refractivity contribution in [3.8, 4) is 0 Å². The highest BCUT2D eigenvalue weighted by atomic mass is 16.5. The lowest BCUT2D eigenvalue weighted by molar-refractivity contribution is -0.141. The van der Waals surface area contributed by atoms with E-state index in [-0.39, 0.29) is 24.7 Å². The lowest BCUT2D eigenvalue weighted by atomic mass is 10.0. The van der Waals surface area contributed by atoms with Crippen LogP contribution >= 0.6 is 0 Å². The lowest BCUT2D eigenvalue weighted by Gasteiger charge is -2.24. The van der Waals surface area contributed by atoms with Gasteiger partial charge in [-0.15, -0.1) is 0 Å². The lowest BCUT2D eigenvalue weighted by Crippen LogP contribution is -2.37. The smallest absolute Gasteiger partial charge is 0.307 e. The first-order valence-corrected chi connectivity index (χ1v) is 8.64. The van der Waals surface area contributed by atoms with Crippen molar-refractivity contribution in [2.75, 3.05) is 20.2 Å². The van der Waals surface area contributed by atoms with Crippen molar-refractivity contribution in [3.63, 3.8) is 0 Å². The van der Waals surface area contributed by atoms with Crippen LogP contribution in [0.5, 0.6) is 0 Å². The van der Waals surface area contributed by atoms with Gasteiger partial charge in [0.05, 0.1) is 26.2 Å². The number of nitrogens with zero attached hydrogens (tertiary/aromatic N) is 1. The summed E-state index contributed by atoms with van der Waals surface area (Å²) in [6.45, 7) is 9.16. The Balaban J connectivity index is 2.17. The Hall–Kier alpha value is -2.30. The van der Waals surface area contributed by atoms with E-state index in [0.717, 1.165) is 22.1 Å². The number of ether oxygens (including phenoxy) is 1. The molecule has 0 saturated heterocycles. The first-order valence-electron chi connectivity index (χ1n) is 8.64. The van der Waals surface area contributed by atoms with Crippen molar-refractivity contribution < 1.29 is 18.7 Å². The maximum absolute atomic E-state index is 12.8. The zero-order chi connectivity index (χ0) is 18.6. The van der Waals surface area contributed by atoms with Gasteiger partial charge >= 0.3 is 5.97 Å². The monoisotopic (exact) mass is 345 g/mol. The molecule has 0 saturated carbocycles. The van der Waals surface area contributed by atoms with Crippen LogP contribution in [-0.2, 0) is 20.7 Å². The molecule has 2 rings (SSSR count). The number of carbonyl (C=O) groups excluding carboxylic acids is 2. The second-order valence-electron chi connectivity index (χ2n) is 6.88. The summed E-state index contributed by atoms with van der Waals surface area (Å²) in [7, 11) is 1.36. The number of hydrogen-bond donors (Lipinski definition) is 0. The Morgan fingerprint density at radius 2 is 1.96 bits per heavy atom. The van der Waals surface area contributed by atoms with E-state index in [1.165, 1.54) is 12.7 Å². The largest absolute Gasteiger partial charge is 0.469 e. The molecule has 2 aromatic rings. The van der Waals surface area contributed by atoms with Gasteiger partial charge in [0.2, 0.25) is 5.91 Å². The third-order valence-electron chi connectivity index (χ3n) is 4.44. The summed E-state index contributed by atoms with van der Waals surface area (Å²) in [5.41, 5.74) is 3.99. The van der Waals surface area contributed by atoms with Crippen LogP contribution in [0.1, 0.15) is 37.0 Å². The molecule has 0 aliphatic rings. The van der Waals surface area contributed by atoms with E-state index in [4.69, 9.17) is 4.42 Å². The van der Waals surface area contributed by atoms with Crippen molar-refractivity contribution in [2.45, 2.75) is 40.5 Å². The molecule has 0 aliphatic carbocycles. The summed E-state index contributed by atoms with van der Waals surface area (Å²) in [6.07, 6.45) is 2.14. The van der Waals surface area contributed by atoms with E-state index in [9.17, 15) is 9.59 Å². The Kier molecular flexibility index (Phi) is 6.23. The Morgan fingerprint density at radius 1 is 1.24 bits per heavy atom. The zero-order valence-electron chi connectivity index (χ0n) is 15.7. The van der Waals surface area contributed by atoms with Gasteiger partial charge in [-0.3, -0.25) is 9.59 Å². The number of esters is 1. The highest BCUT2D eigenvalue weighted by Crippen LogP contribution is 2.27. The van der Waals surface area contributed by atoms with E-state index in [0.29, 0.717) is 19.0 Å². The van der Waals surface area contributed by atoms with Gasteiger partial charge in [-0.05, 0) is 30.9 Å². The number of rotatable bonds is 7. The molecule has 0 radical (unpaired) electrons. The summed E-state index contributed by atoms with van der Waals surface area (Å²) in [4.78, 5) is 25.9. The van der Waals surface area contributed by atoms with Gasteiger partial charge in [-0.2, -0.15) is 0 Å². The summed E-state index contributed by atoms with van der Waals surface area (Å²) < 4.78 is 10.4. The standard InChI is InChI=1S/C20H27NO4/c1-13(2)11-21(9-8-19(23)24-5)18(22)10-16-12-25-20-15(4)14(3)6-7-17(16)20/h6-7,12-13H,8-11H2,1-5H3. The highest BCUT2D eigenvalue weighted by molar-refractivity contribution is 5.89. The highest BCUT2D eigenvalue weighted by Gasteiger charge is 2.19. The number of hydrogen-bond acceptors (Lipinski definition) is 4. The number of methoxy groups -OCH3 is 1. The summed E-state index contributed by atoms with van der Waals surface area (Å²) in [5.74, 6) is 0.0209. The van der Waals surface area contributed by atoms with Gasteiger partial charge in [-0.25, -0.2) is 0 Å². The number of furan rings is 1. The second-order valence-corrected chi connectivity index (χ2v) is 6.88. The number of benzene rings is 1. The van der Waals surface area contributed by atoms with Crippen LogP contribution < -0.4 is 0 Å². The van der Waals surface area contributed by atoms with E-state index < -0.39 is 0 Å². The van der Waals surface area contributed by atoms with Crippen molar-refractivity contribution in [1.82, 2.24) is 4.90 Å². The SMILES string of the molecule is COC(=O)CCN(CC(C)C)C(=O)Cc1coc2c(C)c(C)ccc12. The molecule has 0 unspecified atom stereocenters. The van der Waals surface area contributed by atoms with Crippen LogP contribution in [0.25, 0.3) is 11.0 Å². The molecule has 5 nitrogen and oxygen atoms in total. The molecular formula is C20H27NO4. The van der Waals surface area contributed by atoms with Crippen LogP contribution in [-0.4, -0.2) is 37.0 Å².